The van der Waals surface area contributed by atoms with Crippen LogP contribution in [0.2, 0.25) is 0 Å². The Kier molecular flexibility index (Phi) is 10.6. The number of unbranched alkanes of at least 4 members (excludes halogenated alkanes) is 3. The summed E-state index contributed by atoms with van der Waals surface area (Å²) in [5.41, 5.74) is 0. The average molecular weight is 335 g/mol. The van der Waals surface area contributed by atoms with Gasteiger partial charge in [-0.2, -0.15) is 0 Å². The van der Waals surface area contributed by atoms with E-state index in [2.05, 4.69) is 39.8 Å². The Hall–Kier alpha value is -0.590. The minimum absolute atomic E-state index is 0.302. The van der Waals surface area contributed by atoms with Gasteiger partial charge in [-0.15, -0.1) is 0 Å². The lowest BCUT2D eigenvalue weighted by Crippen LogP contribution is -2.26. The zero-order chi connectivity index (χ0) is 17.9. The summed E-state index contributed by atoms with van der Waals surface area (Å²) in [7, 11) is 0. The Balaban J connectivity index is 2.68. The Labute approximate surface area is 151 Å². The molecule has 0 saturated heterocycles. The fourth-order valence-electron chi connectivity index (χ4n) is 4.58. The molecule has 0 aromatic rings. The molecule has 1 nitrogen and oxygen atoms in total. The molecule has 1 rings (SSSR count). The van der Waals surface area contributed by atoms with Gasteiger partial charge in [0.05, 0.1) is 0 Å². The van der Waals surface area contributed by atoms with Crippen molar-refractivity contribution in [1.29, 1.82) is 0 Å². The van der Waals surface area contributed by atoms with Gasteiger partial charge in [-0.25, -0.2) is 0 Å². The maximum absolute atomic E-state index is 12.3. The largest absolute Gasteiger partial charge is 0.299 e. The summed E-state index contributed by atoms with van der Waals surface area (Å²) in [5.74, 6) is 3.83. The van der Waals surface area contributed by atoms with E-state index in [1.165, 1.54) is 44.9 Å². The average Bonchev–Trinajstić information content (AvgIpc) is 2.58. The second kappa shape index (κ2) is 11.9. The van der Waals surface area contributed by atoms with Gasteiger partial charge in [0.1, 0.15) is 5.78 Å². The van der Waals surface area contributed by atoms with E-state index in [-0.39, 0.29) is 0 Å². The third-order valence-corrected chi connectivity index (χ3v) is 6.34. The molecule has 1 aliphatic rings. The highest BCUT2D eigenvalue weighted by atomic mass is 16.1. The van der Waals surface area contributed by atoms with Crippen molar-refractivity contribution in [2.45, 2.75) is 98.8 Å². The third-order valence-electron chi connectivity index (χ3n) is 6.34. The highest BCUT2D eigenvalue weighted by molar-refractivity contribution is 5.80. The zero-order valence-corrected chi connectivity index (χ0v) is 17.0. The van der Waals surface area contributed by atoms with Crippen molar-refractivity contribution < 1.29 is 4.79 Å². The van der Waals surface area contributed by atoms with E-state index in [1.54, 1.807) is 0 Å². The smallest absolute Gasteiger partial charge is 0.135 e. The molecule has 24 heavy (non-hydrogen) atoms. The Morgan fingerprint density at radius 2 is 1.88 bits per heavy atom. The van der Waals surface area contributed by atoms with E-state index < -0.39 is 0 Å². The van der Waals surface area contributed by atoms with Crippen LogP contribution in [0.3, 0.4) is 0 Å². The lowest BCUT2D eigenvalue weighted by Gasteiger charge is -2.35. The lowest BCUT2D eigenvalue weighted by molar-refractivity contribution is -0.123. The Bertz CT molecular complexity index is 370. The summed E-state index contributed by atoms with van der Waals surface area (Å²) in [4.78, 5) is 12.3. The minimum atomic E-state index is 0.302. The van der Waals surface area contributed by atoms with Gasteiger partial charge in [0.15, 0.2) is 0 Å². The fraction of sp³-hybridized carbons (Fsp3) is 0.870. The van der Waals surface area contributed by atoms with Gasteiger partial charge in [-0.1, -0.05) is 78.9 Å². The van der Waals surface area contributed by atoms with Crippen LogP contribution in [-0.4, -0.2) is 5.78 Å². The number of allylic oxidation sites excluding steroid dienone is 2. The topological polar surface area (TPSA) is 17.1 Å². The maximum Gasteiger partial charge on any atom is 0.135 e. The van der Waals surface area contributed by atoms with E-state index in [1.807, 2.05) is 6.92 Å². The molecule has 0 fully saturated rings. The van der Waals surface area contributed by atoms with E-state index in [0.29, 0.717) is 24.0 Å². The van der Waals surface area contributed by atoms with Crippen LogP contribution in [0.1, 0.15) is 98.8 Å². The summed E-state index contributed by atoms with van der Waals surface area (Å²) < 4.78 is 0. The van der Waals surface area contributed by atoms with Crippen LogP contribution in [0.25, 0.3) is 0 Å². The molecule has 1 aliphatic carbocycles. The number of carbonyl (C=O) groups is 1. The van der Waals surface area contributed by atoms with E-state index in [0.717, 1.165) is 30.6 Å². The minimum Gasteiger partial charge on any atom is -0.299 e. The maximum atomic E-state index is 12.3. The standard InChI is InChI=1S/C23H42O/c1-6-9-10-11-15-20(16-21(7-2)23(24)8-3)17-22-18(4)13-12-14-19(22)5/h12-13,18-22H,6-11,14-17H2,1-5H3/t18?,19?,20-,21?,22?/m0/s1. The normalized spacial score (nSPS) is 26.3. The van der Waals surface area contributed by atoms with Gasteiger partial charge in [-0.05, 0) is 49.4 Å². The molecule has 0 N–H and O–H groups in total. The van der Waals surface area contributed by atoms with Crippen molar-refractivity contribution in [2.75, 3.05) is 0 Å². The molecular formula is C23H42O. The molecule has 1 heteroatoms. The third kappa shape index (κ3) is 7.11. The molecule has 4 unspecified atom stereocenters. The predicted molar refractivity (Wildman–Crippen MR) is 106 cm³/mol. The van der Waals surface area contributed by atoms with Crippen LogP contribution in [0.15, 0.2) is 12.2 Å². The summed E-state index contributed by atoms with van der Waals surface area (Å²) in [6.45, 7) is 11.3. The zero-order valence-electron chi connectivity index (χ0n) is 17.0. The van der Waals surface area contributed by atoms with E-state index >= 15 is 0 Å². The number of hydrogen-bond acceptors (Lipinski definition) is 1. The van der Waals surface area contributed by atoms with E-state index in [9.17, 15) is 4.79 Å². The number of ketones is 1. The molecule has 140 valence electrons. The molecule has 0 bridgehead atoms. The first-order chi connectivity index (χ1) is 11.5. The van der Waals surface area contributed by atoms with Crippen LogP contribution in [0, 0.1) is 29.6 Å². The molecule has 0 amide bonds. The van der Waals surface area contributed by atoms with Crippen LogP contribution in [0.4, 0.5) is 0 Å². The number of Topliss-reactive ketones (excluding diaryl/α,β-unsaturated/α-hetero) is 1. The van der Waals surface area contributed by atoms with Gasteiger partial charge in [0, 0.05) is 12.3 Å². The SMILES string of the molecule is CCCCCC[C@@H](CC(CC)C(=O)CC)CC1C(C)C=CCC1C. The monoisotopic (exact) mass is 334 g/mol. The molecular weight excluding hydrogens is 292 g/mol. The summed E-state index contributed by atoms with van der Waals surface area (Å²) in [6, 6.07) is 0. The van der Waals surface area contributed by atoms with Gasteiger partial charge in [-0.3, -0.25) is 4.79 Å². The van der Waals surface area contributed by atoms with Crippen molar-refractivity contribution >= 4 is 5.78 Å². The Morgan fingerprint density at radius 3 is 2.46 bits per heavy atom. The first kappa shape index (κ1) is 21.5. The first-order valence-corrected chi connectivity index (χ1v) is 10.7. The molecule has 0 radical (unpaired) electrons. The highest BCUT2D eigenvalue weighted by Crippen LogP contribution is 2.38. The highest BCUT2D eigenvalue weighted by Gasteiger charge is 2.29. The summed E-state index contributed by atoms with van der Waals surface area (Å²) >= 11 is 0. The second-order valence-electron chi connectivity index (χ2n) is 8.28. The molecule has 5 atom stereocenters. The van der Waals surface area contributed by atoms with Crippen molar-refractivity contribution in [3.8, 4) is 0 Å². The van der Waals surface area contributed by atoms with Gasteiger partial charge in [0.25, 0.3) is 0 Å². The predicted octanol–water partition coefficient (Wildman–Crippen LogP) is 7.21. The number of hydrogen-bond donors (Lipinski definition) is 0. The van der Waals surface area contributed by atoms with Gasteiger partial charge >= 0.3 is 0 Å². The van der Waals surface area contributed by atoms with Crippen LogP contribution < -0.4 is 0 Å². The molecule has 0 aliphatic heterocycles. The van der Waals surface area contributed by atoms with Crippen molar-refractivity contribution in [3.63, 3.8) is 0 Å². The van der Waals surface area contributed by atoms with Crippen molar-refractivity contribution in [1.82, 2.24) is 0 Å². The van der Waals surface area contributed by atoms with Crippen LogP contribution >= 0.6 is 0 Å². The number of carbonyl (C=O) groups excluding carboxylic acids is 1. The second-order valence-corrected chi connectivity index (χ2v) is 8.28. The molecule has 0 spiro atoms. The van der Waals surface area contributed by atoms with Crippen LogP contribution in [-0.2, 0) is 4.79 Å². The van der Waals surface area contributed by atoms with Crippen LogP contribution in [0.5, 0.6) is 0 Å². The molecule has 0 heterocycles. The Morgan fingerprint density at radius 1 is 1.12 bits per heavy atom. The number of rotatable bonds is 12. The lowest BCUT2D eigenvalue weighted by atomic mass is 9.70. The van der Waals surface area contributed by atoms with Crippen molar-refractivity contribution in [3.05, 3.63) is 12.2 Å². The molecule has 0 saturated carbocycles. The molecule has 0 aromatic heterocycles. The van der Waals surface area contributed by atoms with Gasteiger partial charge in [0.2, 0.25) is 0 Å². The molecule has 0 aromatic carbocycles. The summed E-state index contributed by atoms with van der Waals surface area (Å²) in [6.07, 6.45) is 16.9. The quantitative estimate of drug-likeness (QED) is 0.272. The van der Waals surface area contributed by atoms with Gasteiger partial charge < -0.3 is 0 Å². The van der Waals surface area contributed by atoms with Crippen molar-refractivity contribution in [2.24, 2.45) is 29.6 Å². The summed E-state index contributed by atoms with van der Waals surface area (Å²) in [5, 5.41) is 0. The van der Waals surface area contributed by atoms with E-state index in [4.69, 9.17) is 0 Å². The fourth-order valence-corrected chi connectivity index (χ4v) is 4.58. The first-order valence-electron chi connectivity index (χ1n) is 10.7.